The highest BCUT2D eigenvalue weighted by molar-refractivity contribution is 5.95. The fourth-order valence-electron chi connectivity index (χ4n) is 5.56. The number of hydrogen-bond acceptors (Lipinski definition) is 2. The van der Waals surface area contributed by atoms with Crippen LogP contribution >= 0.6 is 0 Å². The average molecular weight is 455 g/mol. The van der Waals surface area contributed by atoms with Gasteiger partial charge in [-0.2, -0.15) is 0 Å². The van der Waals surface area contributed by atoms with Crippen molar-refractivity contribution in [1.82, 2.24) is 10.3 Å². The number of aromatic nitrogens is 1. The molecule has 1 N–H and O–H groups in total. The van der Waals surface area contributed by atoms with Gasteiger partial charge in [0, 0.05) is 11.6 Å². The van der Waals surface area contributed by atoms with E-state index in [4.69, 9.17) is 4.98 Å². The molecule has 1 aliphatic carbocycles. The van der Waals surface area contributed by atoms with Gasteiger partial charge in [0.1, 0.15) is 0 Å². The smallest absolute Gasteiger partial charge is 0.0756 e. The van der Waals surface area contributed by atoms with Crippen molar-refractivity contribution in [3.63, 3.8) is 0 Å². The maximum absolute atomic E-state index is 5.25. The molecule has 0 fully saturated rings. The second-order valence-electron chi connectivity index (χ2n) is 9.68. The summed E-state index contributed by atoms with van der Waals surface area (Å²) in [6, 6.07) is 41.4. The van der Waals surface area contributed by atoms with Crippen LogP contribution in [0.25, 0.3) is 22.0 Å². The maximum atomic E-state index is 5.25. The number of rotatable bonds is 5. The summed E-state index contributed by atoms with van der Waals surface area (Å²) in [7, 11) is 0. The number of nitrogens with one attached hydrogen (secondary N) is 1. The van der Waals surface area contributed by atoms with Gasteiger partial charge in [-0.1, -0.05) is 110 Å². The number of benzene rings is 4. The van der Waals surface area contributed by atoms with E-state index in [9.17, 15) is 0 Å². The van der Waals surface area contributed by atoms with Gasteiger partial charge in [-0.3, -0.25) is 10.3 Å². The van der Waals surface area contributed by atoms with E-state index in [1.54, 1.807) is 0 Å². The van der Waals surface area contributed by atoms with E-state index in [0.717, 1.165) is 17.8 Å². The van der Waals surface area contributed by atoms with Crippen LogP contribution in [0.2, 0.25) is 0 Å². The van der Waals surface area contributed by atoms with Crippen LogP contribution in [0.1, 0.15) is 47.8 Å². The minimum atomic E-state index is 0.00438. The number of hydrogen-bond donors (Lipinski definition) is 1. The van der Waals surface area contributed by atoms with Crippen LogP contribution in [-0.2, 0) is 6.42 Å². The van der Waals surface area contributed by atoms with Gasteiger partial charge >= 0.3 is 0 Å². The van der Waals surface area contributed by atoms with Crippen molar-refractivity contribution in [3.05, 3.63) is 138 Å². The summed E-state index contributed by atoms with van der Waals surface area (Å²) >= 11 is 0. The van der Waals surface area contributed by atoms with E-state index in [-0.39, 0.29) is 12.1 Å². The summed E-state index contributed by atoms with van der Waals surface area (Å²) in [4.78, 5) is 5.25. The Morgan fingerprint density at radius 3 is 2.40 bits per heavy atom. The molecule has 1 heterocycles. The molecule has 35 heavy (non-hydrogen) atoms. The largest absolute Gasteiger partial charge is 0.298 e. The Hall–Kier alpha value is -3.75. The average Bonchev–Trinajstić information content (AvgIpc) is 2.93. The van der Waals surface area contributed by atoms with Gasteiger partial charge in [-0.15, -0.1) is 0 Å². The normalized spacial score (nSPS) is 18.2. The van der Waals surface area contributed by atoms with Crippen LogP contribution < -0.4 is 5.32 Å². The molecular formula is C33H30N2. The third-order valence-corrected chi connectivity index (χ3v) is 7.44. The lowest BCUT2D eigenvalue weighted by Gasteiger charge is -2.35. The van der Waals surface area contributed by atoms with E-state index >= 15 is 0 Å². The van der Waals surface area contributed by atoms with E-state index < -0.39 is 0 Å². The third kappa shape index (κ3) is 4.26. The number of pyridine rings is 1. The molecule has 1 aliphatic rings. The predicted octanol–water partition coefficient (Wildman–Crippen LogP) is 7.90. The number of fused-ring (bicyclic) bond motifs is 2. The summed E-state index contributed by atoms with van der Waals surface area (Å²) in [6.45, 7) is 2.37. The summed E-state index contributed by atoms with van der Waals surface area (Å²) in [6.07, 6.45) is 2.35. The minimum Gasteiger partial charge on any atom is -0.298 e. The second-order valence-corrected chi connectivity index (χ2v) is 9.68. The van der Waals surface area contributed by atoms with Crippen molar-refractivity contribution < 1.29 is 0 Å². The number of aryl methyl sites for hydroxylation is 1. The Morgan fingerprint density at radius 2 is 1.49 bits per heavy atom. The highest BCUT2D eigenvalue weighted by atomic mass is 15.0. The van der Waals surface area contributed by atoms with E-state index in [2.05, 4.69) is 128 Å². The molecule has 2 heteroatoms. The van der Waals surface area contributed by atoms with Crippen LogP contribution in [0.4, 0.5) is 0 Å². The van der Waals surface area contributed by atoms with Crippen LogP contribution in [0.15, 0.2) is 115 Å². The third-order valence-electron chi connectivity index (χ3n) is 7.44. The lowest BCUT2D eigenvalue weighted by molar-refractivity contribution is 0.325. The molecule has 0 radical (unpaired) electrons. The van der Waals surface area contributed by atoms with E-state index in [1.807, 2.05) is 0 Å². The van der Waals surface area contributed by atoms with Gasteiger partial charge < -0.3 is 0 Å². The van der Waals surface area contributed by atoms with Crippen LogP contribution in [0.5, 0.6) is 0 Å². The van der Waals surface area contributed by atoms with Crippen LogP contribution in [0, 0.1) is 5.92 Å². The molecule has 0 saturated carbocycles. The quantitative estimate of drug-likeness (QED) is 0.292. The molecule has 0 aliphatic heterocycles. The number of nitrogens with zero attached hydrogens (tertiary/aromatic N) is 1. The molecule has 0 spiro atoms. The lowest BCUT2D eigenvalue weighted by atomic mass is 9.80. The van der Waals surface area contributed by atoms with Crippen molar-refractivity contribution >= 4 is 10.8 Å². The molecule has 172 valence electrons. The Balaban J connectivity index is 1.44. The van der Waals surface area contributed by atoms with E-state index in [0.29, 0.717) is 5.92 Å². The lowest BCUT2D eigenvalue weighted by Crippen LogP contribution is -2.34. The summed E-state index contributed by atoms with van der Waals surface area (Å²) in [5, 5.41) is 6.52. The van der Waals surface area contributed by atoms with Gasteiger partial charge in [0.15, 0.2) is 0 Å². The Bertz CT molecular complexity index is 1450. The topological polar surface area (TPSA) is 24.9 Å². The molecular weight excluding hydrogens is 424 g/mol. The zero-order valence-corrected chi connectivity index (χ0v) is 20.1. The zero-order chi connectivity index (χ0) is 23.6. The predicted molar refractivity (Wildman–Crippen MR) is 145 cm³/mol. The molecule has 3 unspecified atom stereocenters. The zero-order valence-electron chi connectivity index (χ0n) is 20.1. The van der Waals surface area contributed by atoms with Gasteiger partial charge in [0.2, 0.25) is 0 Å². The summed E-state index contributed by atoms with van der Waals surface area (Å²) in [5.74, 6) is 0.553. The van der Waals surface area contributed by atoms with Crippen LogP contribution in [-0.4, -0.2) is 4.98 Å². The molecule has 0 amide bonds. The SMILES string of the molecule is CC1CCc2ccccc2C1NC(c1ccccc1)c1cccc(-c2cccc3ccccc23)n1. The van der Waals surface area contributed by atoms with Crippen molar-refractivity contribution in [2.75, 3.05) is 0 Å². The summed E-state index contributed by atoms with van der Waals surface area (Å²) < 4.78 is 0. The second kappa shape index (κ2) is 9.48. The Morgan fingerprint density at radius 1 is 0.743 bits per heavy atom. The first-order valence-corrected chi connectivity index (χ1v) is 12.6. The monoisotopic (exact) mass is 454 g/mol. The van der Waals surface area contributed by atoms with Crippen LogP contribution in [0.3, 0.4) is 0 Å². The van der Waals surface area contributed by atoms with Crippen molar-refractivity contribution in [2.24, 2.45) is 5.92 Å². The van der Waals surface area contributed by atoms with Gasteiger partial charge in [-0.25, -0.2) is 0 Å². The summed E-state index contributed by atoms with van der Waals surface area (Å²) in [5.41, 5.74) is 7.37. The van der Waals surface area contributed by atoms with E-state index in [1.165, 1.54) is 39.4 Å². The maximum Gasteiger partial charge on any atom is 0.0756 e. The minimum absolute atomic E-state index is 0.00438. The van der Waals surface area contributed by atoms with Gasteiger partial charge in [0.05, 0.1) is 17.4 Å². The fraction of sp³-hybridized carbons (Fsp3) is 0.182. The van der Waals surface area contributed by atoms with Crippen molar-refractivity contribution in [1.29, 1.82) is 0 Å². The highest BCUT2D eigenvalue weighted by Gasteiger charge is 2.29. The molecule has 1 aromatic heterocycles. The van der Waals surface area contributed by atoms with Gasteiger partial charge in [0.25, 0.3) is 0 Å². The molecule has 3 atom stereocenters. The first kappa shape index (κ1) is 21.8. The Kier molecular flexibility index (Phi) is 5.89. The molecule has 5 aromatic rings. The fourth-order valence-corrected chi connectivity index (χ4v) is 5.56. The van der Waals surface area contributed by atoms with Gasteiger partial charge in [-0.05, 0) is 58.4 Å². The first-order chi connectivity index (χ1) is 17.3. The van der Waals surface area contributed by atoms with Crippen molar-refractivity contribution in [3.8, 4) is 11.3 Å². The molecule has 4 aromatic carbocycles. The first-order valence-electron chi connectivity index (χ1n) is 12.6. The molecule has 2 nitrogen and oxygen atoms in total. The standard InChI is InChI=1S/C33H30N2/c1-23-21-22-25-12-6-8-17-28(25)32(23)35-33(26-13-3-2-4-14-26)31-20-10-19-30(34-31)29-18-9-15-24-11-5-7-16-27(24)29/h2-20,23,32-33,35H,21-22H2,1H3. The van der Waals surface area contributed by atoms with Crippen molar-refractivity contribution in [2.45, 2.75) is 31.8 Å². The Labute approximate surface area is 207 Å². The highest BCUT2D eigenvalue weighted by Crippen LogP contribution is 2.37. The molecule has 0 saturated heterocycles. The molecule has 0 bridgehead atoms. The molecule has 6 rings (SSSR count).